The van der Waals surface area contributed by atoms with E-state index >= 15 is 0 Å². The van der Waals surface area contributed by atoms with Crippen molar-refractivity contribution in [1.29, 1.82) is 0 Å². The first-order chi connectivity index (χ1) is 15.7. The molecule has 1 saturated heterocycles. The molecule has 6 nitrogen and oxygen atoms in total. The molecular formula is C26H22N2O4. The molecule has 6 heteroatoms. The maximum atomic E-state index is 13.0. The number of morpholine rings is 1. The van der Waals surface area contributed by atoms with Gasteiger partial charge in [0.15, 0.2) is 11.3 Å². The van der Waals surface area contributed by atoms with E-state index in [4.69, 9.17) is 13.6 Å². The molecule has 160 valence electrons. The molecule has 0 bridgehead atoms. The smallest absolute Gasteiger partial charge is 0.200 e. The quantitative estimate of drug-likeness (QED) is 0.426. The number of nitrogens with zero attached hydrogens (tertiary/aromatic N) is 1. The molecule has 0 spiro atoms. The third-order valence-corrected chi connectivity index (χ3v) is 6.15. The lowest BCUT2D eigenvalue weighted by Crippen LogP contribution is -2.36. The first-order valence-corrected chi connectivity index (χ1v) is 10.8. The molecule has 0 atom stereocenters. The number of anilines is 2. The number of rotatable bonds is 3. The van der Waals surface area contributed by atoms with Crippen molar-refractivity contribution in [3.63, 3.8) is 0 Å². The van der Waals surface area contributed by atoms with Gasteiger partial charge in [-0.25, -0.2) is 0 Å². The Kier molecular flexibility index (Phi) is 4.40. The normalized spacial score (nSPS) is 14.5. The standard InChI is InChI=1S/C26H22N2O4/c1-27-20-10-9-17(26-24(20)19-5-2-3-8-22(19)31-26)16-6-4-7-18-21(29)15-23(32-25(16)18)28-11-13-30-14-12-28/h2-10,15,27H,11-14H2,1H3. The minimum atomic E-state index is -0.0534. The van der Waals surface area contributed by atoms with Crippen LogP contribution in [-0.2, 0) is 4.74 Å². The molecule has 1 aliphatic rings. The van der Waals surface area contributed by atoms with Crippen molar-refractivity contribution in [2.75, 3.05) is 43.6 Å². The largest absolute Gasteiger partial charge is 0.455 e. The van der Waals surface area contributed by atoms with Crippen LogP contribution in [0.1, 0.15) is 0 Å². The third kappa shape index (κ3) is 2.87. The Labute approximate surface area is 184 Å². The third-order valence-electron chi connectivity index (χ3n) is 6.15. The molecule has 2 aromatic heterocycles. The second-order valence-electron chi connectivity index (χ2n) is 7.94. The lowest BCUT2D eigenvalue weighted by atomic mass is 9.99. The average molecular weight is 426 g/mol. The highest BCUT2D eigenvalue weighted by Gasteiger charge is 2.20. The summed E-state index contributed by atoms with van der Waals surface area (Å²) in [6.45, 7) is 2.63. The molecule has 0 unspecified atom stereocenters. The van der Waals surface area contributed by atoms with Crippen molar-refractivity contribution in [1.82, 2.24) is 0 Å². The Balaban J connectivity index is 1.65. The van der Waals surface area contributed by atoms with Crippen molar-refractivity contribution in [2.24, 2.45) is 0 Å². The molecule has 0 saturated carbocycles. The van der Waals surface area contributed by atoms with Crippen LogP contribution in [0.5, 0.6) is 0 Å². The number of hydrogen-bond donors (Lipinski definition) is 1. The van der Waals surface area contributed by atoms with E-state index in [0.29, 0.717) is 43.2 Å². The van der Waals surface area contributed by atoms with E-state index in [2.05, 4.69) is 16.3 Å². The average Bonchev–Trinajstić information content (AvgIpc) is 3.24. The molecule has 3 heterocycles. The van der Waals surface area contributed by atoms with Crippen LogP contribution in [0.4, 0.5) is 11.6 Å². The summed E-state index contributed by atoms with van der Waals surface area (Å²) in [4.78, 5) is 15.0. The fourth-order valence-electron chi connectivity index (χ4n) is 4.57. The maximum Gasteiger partial charge on any atom is 0.200 e. The molecule has 32 heavy (non-hydrogen) atoms. The van der Waals surface area contributed by atoms with Gasteiger partial charge in [0.2, 0.25) is 0 Å². The highest BCUT2D eigenvalue weighted by molar-refractivity contribution is 6.16. The molecule has 5 aromatic rings. The zero-order valence-corrected chi connectivity index (χ0v) is 17.7. The Morgan fingerprint density at radius 1 is 0.844 bits per heavy atom. The van der Waals surface area contributed by atoms with Crippen molar-refractivity contribution < 1.29 is 13.6 Å². The maximum absolute atomic E-state index is 13.0. The molecule has 1 aliphatic heterocycles. The SMILES string of the molecule is CNc1ccc(-c2cccc3c(=O)cc(N4CCOCC4)oc23)c2oc3ccccc3c12. The molecule has 0 amide bonds. The predicted molar refractivity (Wildman–Crippen MR) is 128 cm³/mol. The Hall–Kier alpha value is -3.77. The predicted octanol–water partition coefficient (Wildman–Crippen LogP) is 5.24. The van der Waals surface area contributed by atoms with Crippen molar-refractivity contribution in [3.05, 3.63) is 70.9 Å². The Morgan fingerprint density at radius 3 is 2.47 bits per heavy atom. The van der Waals surface area contributed by atoms with Gasteiger partial charge in [0.05, 0.1) is 24.0 Å². The molecule has 0 radical (unpaired) electrons. The summed E-state index contributed by atoms with van der Waals surface area (Å²) >= 11 is 0. The summed E-state index contributed by atoms with van der Waals surface area (Å²) in [5.41, 5.74) is 4.82. The van der Waals surface area contributed by atoms with Gasteiger partial charge in [0.1, 0.15) is 16.7 Å². The van der Waals surface area contributed by atoms with Gasteiger partial charge in [0.25, 0.3) is 0 Å². The van der Waals surface area contributed by atoms with E-state index in [1.165, 1.54) is 0 Å². The van der Waals surface area contributed by atoms with Gasteiger partial charge < -0.3 is 23.8 Å². The second-order valence-corrected chi connectivity index (χ2v) is 7.94. The van der Waals surface area contributed by atoms with Crippen molar-refractivity contribution >= 4 is 44.5 Å². The van der Waals surface area contributed by atoms with Crippen LogP contribution in [-0.4, -0.2) is 33.4 Å². The molecule has 3 aromatic carbocycles. The fraction of sp³-hybridized carbons (Fsp3) is 0.192. The number of furan rings is 1. The zero-order chi connectivity index (χ0) is 21.7. The van der Waals surface area contributed by atoms with Crippen molar-refractivity contribution in [3.8, 4) is 11.1 Å². The highest BCUT2D eigenvalue weighted by Crippen LogP contribution is 2.41. The van der Waals surface area contributed by atoms with Crippen molar-refractivity contribution in [2.45, 2.75) is 0 Å². The van der Waals surface area contributed by atoms with Gasteiger partial charge in [-0.05, 0) is 24.3 Å². The van der Waals surface area contributed by atoms with E-state index in [0.717, 1.165) is 38.8 Å². The van der Waals surface area contributed by atoms with Gasteiger partial charge in [-0.15, -0.1) is 0 Å². The minimum Gasteiger partial charge on any atom is -0.455 e. The Bertz CT molecular complexity index is 1530. The molecule has 1 N–H and O–H groups in total. The Morgan fingerprint density at radius 2 is 1.62 bits per heavy atom. The first kappa shape index (κ1) is 19.0. The lowest BCUT2D eigenvalue weighted by Gasteiger charge is -2.27. The van der Waals surface area contributed by atoms with Crippen LogP contribution in [0.25, 0.3) is 44.0 Å². The van der Waals surface area contributed by atoms with Crippen LogP contribution in [0.3, 0.4) is 0 Å². The fourth-order valence-corrected chi connectivity index (χ4v) is 4.57. The van der Waals surface area contributed by atoms with Crippen LogP contribution in [0.2, 0.25) is 0 Å². The van der Waals surface area contributed by atoms with E-state index in [-0.39, 0.29) is 5.43 Å². The molecule has 0 aliphatic carbocycles. The summed E-state index contributed by atoms with van der Waals surface area (Å²) in [5.74, 6) is 0.575. The molecular weight excluding hydrogens is 404 g/mol. The zero-order valence-electron chi connectivity index (χ0n) is 17.7. The van der Waals surface area contributed by atoms with Crippen LogP contribution in [0, 0.1) is 0 Å². The van der Waals surface area contributed by atoms with Crippen LogP contribution >= 0.6 is 0 Å². The van der Waals surface area contributed by atoms with Gasteiger partial charge in [-0.3, -0.25) is 4.79 Å². The number of fused-ring (bicyclic) bond motifs is 4. The van der Waals surface area contributed by atoms with E-state index in [9.17, 15) is 4.79 Å². The minimum absolute atomic E-state index is 0.0534. The number of ether oxygens (including phenoxy) is 1. The second kappa shape index (κ2) is 7.43. The van der Waals surface area contributed by atoms with E-state index < -0.39 is 0 Å². The summed E-state index contributed by atoms with van der Waals surface area (Å²) in [5, 5.41) is 5.89. The summed E-state index contributed by atoms with van der Waals surface area (Å²) < 4.78 is 18.1. The first-order valence-electron chi connectivity index (χ1n) is 10.8. The van der Waals surface area contributed by atoms with Crippen LogP contribution in [0.15, 0.2) is 74.3 Å². The van der Waals surface area contributed by atoms with Gasteiger partial charge in [-0.1, -0.05) is 30.3 Å². The number of nitrogens with one attached hydrogen (secondary N) is 1. The number of hydrogen-bond acceptors (Lipinski definition) is 6. The summed E-state index contributed by atoms with van der Waals surface area (Å²) in [6.07, 6.45) is 0. The van der Waals surface area contributed by atoms with Gasteiger partial charge in [0, 0.05) is 48.4 Å². The van der Waals surface area contributed by atoms with E-state index in [1.807, 2.05) is 55.6 Å². The van der Waals surface area contributed by atoms with Gasteiger partial charge in [-0.2, -0.15) is 0 Å². The summed E-state index contributed by atoms with van der Waals surface area (Å²) in [6, 6.07) is 19.3. The topological polar surface area (TPSA) is 67.9 Å². The monoisotopic (exact) mass is 426 g/mol. The lowest BCUT2D eigenvalue weighted by molar-refractivity contribution is 0.121. The highest BCUT2D eigenvalue weighted by atomic mass is 16.5. The van der Waals surface area contributed by atoms with Gasteiger partial charge >= 0.3 is 0 Å². The molecule has 6 rings (SSSR count). The molecule has 1 fully saturated rings. The van der Waals surface area contributed by atoms with Crippen LogP contribution < -0.4 is 15.6 Å². The summed E-state index contributed by atoms with van der Waals surface area (Å²) in [7, 11) is 1.90. The number of para-hydroxylation sites is 2. The van der Waals surface area contributed by atoms with E-state index in [1.54, 1.807) is 6.07 Å². The number of benzene rings is 3.